The quantitative estimate of drug-likeness (QED) is 0.746. The molecule has 1 fully saturated rings. The summed E-state index contributed by atoms with van der Waals surface area (Å²) in [7, 11) is 2.24. The first-order chi connectivity index (χ1) is 7.24. The van der Waals surface area contributed by atoms with Crippen molar-refractivity contribution in [1.29, 1.82) is 0 Å². The van der Waals surface area contributed by atoms with E-state index >= 15 is 0 Å². The number of likely N-dealkylation sites (N-methyl/N-ethyl adjacent to an activating group) is 1. The molecule has 3 heterocycles. The highest BCUT2D eigenvalue weighted by atomic mass is 79.9. The van der Waals surface area contributed by atoms with Crippen LogP contribution in [0.2, 0.25) is 0 Å². The number of halogens is 1. The average Bonchev–Trinajstić information content (AvgIpc) is 2.70. The van der Waals surface area contributed by atoms with E-state index in [1.165, 1.54) is 18.5 Å². The van der Waals surface area contributed by atoms with E-state index in [4.69, 9.17) is 0 Å². The van der Waals surface area contributed by atoms with Crippen molar-refractivity contribution in [1.82, 2.24) is 14.7 Å². The number of nitrogens with one attached hydrogen (secondary N) is 1. The number of hydrogen-bond acceptors (Lipinski definition) is 4. The maximum Gasteiger partial charge on any atom is 0.0851 e. The fourth-order valence-electron chi connectivity index (χ4n) is 2.59. The molecule has 2 bridgehead atoms. The zero-order valence-corrected chi connectivity index (χ0v) is 11.0. The van der Waals surface area contributed by atoms with Gasteiger partial charge in [0.1, 0.15) is 0 Å². The maximum absolute atomic E-state index is 3.49. The van der Waals surface area contributed by atoms with Crippen molar-refractivity contribution in [3.8, 4) is 0 Å². The summed E-state index contributed by atoms with van der Waals surface area (Å²) in [4.78, 5) is 5.79. The third-order valence-electron chi connectivity index (χ3n) is 3.51. The number of hydrogen-bond donors (Lipinski definition) is 1. The predicted octanol–water partition coefficient (Wildman–Crippen LogP) is 2.40. The molecule has 2 unspecified atom stereocenters. The van der Waals surface area contributed by atoms with Gasteiger partial charge >= 0.3 is 0 Å². The Morgan fingerprint density at radius 3 is 3.07 bits per heavy atom. The van der Waals surface area contributed by atoms with Crippen LogP contribution in [0.4, 0.5) is 0 Å². The van der Waals surface area contributed by atoms with Crippen molar-refractivity contribution in [2.24, 2.45) is 0 Å². The third kappa shape index (κ3) is 1.75. The van der Waals surface area contributed by atoms with Crippen LogP contribution in [0, 0.1) is 0 Å². The molecule has 2 atom stereocenters. The topological polar surface area (TPSA) is 18.5 Å². The van der Waals surface area contributed by atoms with Crippen LogP contribution in [0.15, 0.2) is 21.8 Å². The first kappa shape index (κ1) is 10.2. The van der Waals surface area contributed by atoms with E-state index in [0.717, 1.165) is 16.3 Å². The normalized spacial score (nSPS) is 35.7. The van der Waals surface area contributed by atoms with E-state index < -0.39 is 0 Å². The summed E-state index contributed by atoms with van der Waals surface area (Å²) < 4.78 is 1.15. The molecule has 1 saturated heterocycles. The molecule has 0 spiro atoms. The smallest absolute Gasteiger partial charge is 0.0851 e. The second-order valence-corrected chi connectivity index (χ2v) is 6.53. The summed E-state index contributed by atoms with van der Waals surface area (Å²) in [5.41, 5.74) is 1.42. The Morgan fingerprint density at radius 2 is 2.40 bits per heavy atom. The van der Waals surface area contributed by atoms with Gasteiger partial charge in [0.25, 0.3) is 0 Å². The highest BCUT2D eigenvalue weighted by molar-refractivity contribution is 9.14. The molecule has 0 aliphatic carbocycles. The molecule has 3 nitrogen and oxygen atoms in total. The average molecular weight is 288 g/mol. The van der Waals surface area contributed by atoms with Crippen molar-refractivity contribution >= 4 is 27.9 Å². The van der Waals surface area contributed by atoms with Gasteiger partial charge in [-0.25, -0.2) is 0 Å². The van der Waals surface area contributed by atoms with E-state index in [1.807, 2.05) is 0 Å². The molecular weight excluding hydrogens is 274 g/mol. The molecule has 0 aromatic heterocycles. The lowest BCUT2D eigenvalue weighted by molar-refractivity contribution is 0.232. The van der Waals surface area contributed by atoms with Crippen LogP contribution in [-0.4, -0.2) is 29.0 Å². The summed E-state index contributed by atoms with van der Waals surface area (Å²) in [6, 6.07) is 1.40. The minimum absolute atomic E-state index is 0.651. The molecule has 82 valence electrons. The van der Waals surface area contributed by atoms with Gasteiger partial charge in [0, 0.05) is 30.4 Å². The molecule has 3 rings (SSSR count). The van der Waals surface area contributed by atoms with Crippen LogP contribution in [-0.2, 0) is 0 Å². The molecule has 3 aliphatic heterocycles. The molecule has 0 radical (unpaired) electrons. The van der Waals surface area contributed by atoms with Gasteiger partial charge in [0.2, 0.25) is 0 Å². The van der Waals surface area contributed by atoms with Crippen LogP contribution in [0.3, 0.4) is 0 Å². The summed E-state index contributed by atoms with van der Waals surface area (Å²) in [5.74, 6) is 0. The summed E-state index contributed by atoms with van der Waals surface area (Å²) >= 11 is 5.11. The van der Waals surface area contributed by atoms with Gasteiger partial charge in [0.15, 0.2) is 0 Å². The fourth-order valence-corrected chi connectivity index (χ4v) is 3.52. The minimum atomic E-state index is 0.651. The van der Waals surface area contributed by atoms with Gasteiger partial charge in [-0.1, -0.05) is 0 Å². The molecule has 1 N–H and O–H groups in total. The monoisotopic (exact) mass is 287 g/mol. The van der Waals surface area contributed by atoms with Gasteiger partial charge in [0.05, 0.1) is 3.81 Å². The van der Waals surface area contributed by atoms with Gasteiger partial charge in [-0.15, -0.1) is 0 Å². The molecule has 0 saturated carbocycles. The van der Waals surface area contributed by atoms with E-state index in [-0.39, 0.29) is 0 Å². The minimum Gasteiger partial charge on any atom is -0.297 e. The molecule has 0 aromatic carbocycles. The first-order valence-electron chi connectivity index (χ1n) is 5.26. The number of fused-ring (bicyclic) bond motifs is 2. The van der Waals surface area contributed by atoms with Gasteiger partial charge in [-0.2, -0.15) is 4.83 Å². The van der Waals surface area contributed by atoms with Crippen molar-refractivity contribution in [3.05, 3.63) is 21.8 Å². The lowest BCUT2D eigenvalue weighted by atomic mass is 10.1. The molecule has 0 aromatic rings. The van der Waals surface area contributed by atoms with Gasteiger partial charge < -0.3 is 0 Å². The second kappa shape index (κ2) is 3.80. The molecular formula is C10H14BrN3S. The Kier molecular flexibility index (Phi) is 2.59. The van der Waals surface area contributed by atoms with Gasteiger partial charge in [-0.05, 0) is 53.8 Å². The van der Waals surface area contributed by atoms with E-state index in [9.17, 15) is 0 Å². The summed E-state index contributed by atoms with van der Waals surface area (Å²) in [6.07, 6.45) is 8.33. The Labute approximate surface area is 103 Å². The van der Waals surface area contributed by atoms with Crippen LogP contribution < -0.4 is 4.83 Å². The van der Waals surface area contributed by atoms with Crippen LogP contribution in [0.25, 0.3) is 0 Å². The van der Waals surface area contributed by atoms with E-state index in [2.05, 4.69) is 50.0 Å². The van der Waals surface area contributed by atoms with Crippen LogP contribution in [0.5, 0.6) is 0 Å². The van der Waals surface area contributed by atoms with Crippen LogP contribution in [0.1, 0.15) is 19.3 Å². The molecule has 3 aliphatic rings. The third-order valence-corrected chi connectivity index (χ3v) is 4.78. The summed E-state index contributed by atoms with van der Waals surface area (Å²) in [5, 5.41) is 2.15. The number of rotatable bonds is 1. The number of hydrazine groups is 1. The standard InChI is InChI=1S/C10H14BrN3S/c1-13-7-2-3-8(13)5-9(4-7)14-6-10(11)15-12-14/h4,6-8,12H,2-3,5H2,1H3. The number of nitrogens with zero attached hydrogens (tertiary/aromatic N) is 2. The van der Waals surface area contributed by atoms with Crippen molar-refractivity contribution in [3.63, 3.8) is 0 Å². The zero-order valence-electron chi connectivity index (χ0n) is 8.61. The maximum atomic E-state index is 3.49. The van der Waals surface area contributed by atoms with Crippen molar-refractivity contribution in [2.45, 2.75) is 31.3 Å². The zero-order chi connectivity index (χ0) is 10.4. The molecule has 5 heteroatoms. The lowest BCUT2D eigenvalue weighted by Crippen LogP contribution is -2.39. The first-order valence-corrected chi connectivity index (χ1v) is 6.86. The highest BCUT2D eigenvalue weighted by Gasteiger charge is 2.35. The highest BCUT2D eigenvalue weighted by Crippen LogP contribution is 2.37. The lowest BCUT2D eigenvalue weighted by Gasteiger charge is -2.33. The SMILES string of the molecule is CN1C2C=C(N3C=C(Br)SN3)CC1CC2. The van der Waals surface area contributed by atoms with Gasteiger partial charge in [-0.3, -0.25) is 9.91 Å². The summed E-state index contributed by atoms with van der Waals surface area (Å²) in [6.45, 7) is 0. The van der Waals surface area contributed by atoms with E-state index in [1.54, 1.807) is 11.9 Å². The van der Waals surface area contributed by atoms with E-state index in [0.29, 0.717) is 6.04 Å². The fraction of sp³-hybridized carbons (Fsp3) is 0.600. The van der Waals surface area contributed by atoms with Crippen LogP contribution >= 0.6 is 27.9 Å². The molecule has 15 heavy (non-hydrogen) atoms. The largest absolute Gasteiger partial charge is 0.297 e. The second-order valence-electron chi connectivity index (χ2n) is 4.32. The Balaban J connectivity index is 1.81. The predicted molar refractivity (Wildman–Crippen MR) is 66.8 cm³/mol. The Morgan fingerprint density at radius 1 is 1.53 bits per heavy atom. The van der Waals surface area contributed by atoms with Crippen molar-refractivity contribution < 1.29 is 0 Å². The molecule has 0 amide bonds. The Bertz CT molecular complexity index is 342. The Hall–Kier alpha value is 0.0300. The van der Waals surface area contributed by atoms with Crippen molar-refractivity contribution in [2.75, 3.05) is 7.05 Å².